The second-order valence-electron chi connectivity index (χ2n) is 18.7. The highest BCUT2D eigenvalue weighted by molar-refractivity contribution is 7.12. The predicted octanol–water partition coefficient (Wildman–Crippen LogP) is 14.4. The standard InChI is InChI=1S/C35H61N3O4S.C19H36O/c1-6-8-10-12-13-15-20-29(19-14-11-9-7-2)42-33(40)22-17-16-21-32(39)38-26-23-30-31(27-38)43-28(3)34(30)35(41)36-24-18-25-37(4)5;1-3-4-5-6-7-8-9-10-11-12-13-14-15-16-17-18-19(2)20/h29H,6-27H2,1-5H3,(H,36,41);10-11H,3-9,12-18H2,1-2H3/b;11-10-. The van der Waals surface area contributed by atoms with Crippen LogP contribution in [0.25, 0.3) is 0 Å². The molecule has 0 saturated carbocycles. The van der Waals surface area contributed by atoms with Crippen LogP contribution in [0.2, 0.25) is 0 Å². The van der Waals surface area contributed by atoms with E-state index in [1.807, 2.05) is 25.9 Å². The monoisotopic (exact) mass is 900 g/mol. The molecule has 0 aliphatic carbocycles. The number of carbonyl (C=O) groups excluding carboxylic acids is 4. The summed E-state index contributed by atoms with van der Waals surface area (Å²) >= 11 is 1.64. The summed E-state index contributed by atoms with van der Waals surface area (Å²) in [5, 5.41) is 3.08. The molecule has 364 valence electrons. The third kappa shape index (κ3) is 31.1. The van der Waals surface area contributed by atoms with Crippen molar-refractivity contribution in [2.45, 2.75) is 253 Å². The van der Waals surface area contributed by atoms with Gasteiger partial charge in [-0.15, -0.1) is 11.3 Å². The van der Waals surface area contributed by atoms with Crippen molar-refractivity contribution in [3.05, 3.63) is 33.0 Å². The first-order valence-electron chi connectivity index (χ1n) is 26.2. The molecule has 0 aromatic carbocycles. The molecule has 0 radical (unpaired) electrons. The van der Waals surface area contributed by atoms with Gasteiger partial charge in [-0.2, -0.15) is 0 Å². The molecular weight excluding hydrogens is 803 g/mol. The molecule has 0 spiro atoms. The van der Waals surface area contributed by atoms with Crippen LogP contribution >= 0.6 is 11.3 Å². The molecule has 2 amide bonds. The van der Waals surface area contributed by atoms with Gasteiger partial charge in [0.2, 0.25) is 5.91 Å². The van der Waals surface area contributed by atoms with Crippen LogP contribution in [0.1, 0.15) is 252 Å². The molecule has 63 heavy (non-hydrogen) atoms. The van der Waals surface area contributed by atoms with Gasteiger partial charge >= 0.3 is 5.97 Å². The zero-order chi connectivity index (χ0) is 46.3. The quantitative estimate of drug-likeness (QED) is 0.0403. The highest BCUT2D eigenvalue weighted by Crippen LogP contribution is 2.33. The maximum atomic E-state index is 13.0. The maximum Gasteiger partial charge on any atom is 0.306 e. The minimum absolute atomic E-state index is 0.00981. The van der Waals surface area contributed by atoms with Crippen molar-refractivity contribution in [2.24, 2.45) is 0 Å². The van der Waals surface area contributed by atoms with E-state index in [0.717, 1.165) is 78.8 Å². The largest absolute Gasteiger partial charge is 0.462 e. The minimum Gasteiger partial charge on any atom is -0.462 e. The van der Waals surface area contributed by atoms with Gasteiger partial charge in [0, 0.05) is 42.1 Å². The fourth-order valence-electron chi connectivity index (χ4n) is 8.34. The number of rotatable bonds is 38. The SMILES string of the molecule is CCCCCCCC/C=C\CCCCCCCC(C)=O.CCCCCCCCC(CCCCCC)OC(=O)CCCCC(=O)N1CCc2c(sc(C)c2C(=O)NCCCN(C)C)C1. The lowest BCUT2D eigenvalue weighted by atomic mass is 10.0. The number of nitrogens with zero attached hydrogens (tertiary/aromatic N) is 2. The summed E-state index contributed by atoms with van der Waals surface area (Å²) in [6, 6.07) is 0. The third-order valence-corrected chi connectivity index (χ3v) is 13.4. The maximum absolute atomic E-state index is 13.0. The zero-order valence-electron chi connectivity index (χ0n) is 42.0. The van der Waals surface area contributed by atoms with Gasteiger partial charge in [-0.1, -0.05) is 136 Å². The van der Waals surface area contributed by atoms with Gasteiger partial charge in [0.15, 0.2) is 0 Å². The molecule has 0 fully saturated rings. The Kier molecular flexibility index (Phi) is 37.0. The minimum atomic E-state index is -0.108. The van der Waals surface area contributed by atoms with Crippen molar-refractivity contribution in [1.29, 1.82) is 0 Å². The molecule has 2 heterocycles. The average Bonchev–Trinajstić information content (AvgIpc) is 3.59. The lowest BCUT2D eigenvalue weighted by Gasteiger charge is -2.27. The number of hydrogen-bond acceptors (Lipinski definition) is 7. The van der Waals surface area contributed by atoms with Crippen LogP contribution in [0.5, 0.6) is 0 Å². The molecule has 9 heteroatoms. The number of ether oxygens (including phenoxy) is 1. The van der Waals surface area contributed by atoms with Gasteiger partial charge in [0.25, 0.3) is 5.91 Å². The molecule has 1 atom stereocenters. The van der Waals surface area contributed by atoms with Gasteiger partial charge in [0.1, 0.15) is 11.9 Å². The smallest absolute Gasteiger partial charge is 0.306 e. The Bertz CT molecular complexity index is 1360. The van der Waals surface area contributed by atoms with Crippen LogP contribution in [-0.2, 0) is 32.1 Å². The van der Waals surface area contributed by atoms with Crippen molar-refractivity contribution in [3.8, 4) is 0 Å². The first-order valence-corrected chi connectivity index (χ1v) is 27.0. The molecule has 1 aliphatic heterocycles. The van der Waals surface area contributed by atoms with Crippen molar-refractivity contribution in [2.75, 3.05) is 33.7 Å². The third-order valence-electron chi connectivity index (χ3n) is 12.2. The molecule has 1 aliphatic rings. The van der Waals surface area contributed by atoms with Gasteiger partial charge in [0.05, 0.1) is 12.1 Å². The summed E-state index contributed by atoms with van der Waals surface area (Å²) in [7, 11) is 4.07. The number of amides is 2. The summed E-state index contributed by atoms with van der Waals surface area (Å²) in [6.07, 6.45) is 40.7. The molecule has 8 nitrogen and oxygen atoms in total. The fraction of sp³-hybridized carbons (Fsp3) is 0.815. The van der Waals surface area contributed by atoms with Gasteiger partial charge < -0.3 is 24.6 Å². The van der Waals surface area contributed by atoms with Crippen LogP contribution in [0.4, 0.5) is 0 Å². The number of nitrogens with one attached hydrogen (secondary N) is 1. The number of thiophene rings is 1. The van der Waals surface area contributed by atoms with E-state index in [1.165, 1.54) is 128 Å². The molecule has 1 aromatic rings. The first-order chi connectivity index (χ1) is 30.5. The number of allylic oxidation sites excluding steroid dienone is 2. The van der Waals surface area contributed by atoms with Gasteiger partial charge in [-0.25, -0.2) is 0 Å². The summed E-state index contributed by atoms with van der Waals surface area (Å²) in [4.78, 5) is 55.5. The van der Waals surface area contributed by atoms with E-state index in [4.69, 9.17) is 4.74 Å². The second kappa shape index (κ2) is 39.8. The van der Waals surface area contributed by atoms with Crippen molar-refractivity contribution < 1.29 is 23.9 Å². The van der Waals surface area contributed by atoms with E-state index in [0.29, 0.717) is 51.1 Å². The van der Waals surface area contributed by atoms with Crippen molar-refractivity contribution >= 4 is 34.9 Å². The number of carbonyl (C=O) groups is 4. The second-order valence-corrected chi connectivity index (χ2v) is 20.0. The lowest BCUT2D eigenvalue weighted by Crippen LogP contribution is -2.36. The Morgan fingerprint density at radius 3 is 1.76 bits per heavy atom. The van der Waals surface area contributed by atoms with Gasteiger partial charge in [-0.05, 0) is 124 Å². The topological polar surface area (TPSA) is 96.0 Å². The Labute approximate surface area is 391 Å². The number of Topliss-reactive ketones (excluding diaryl/α,β-unsaturated/α-hetero) is 1. The normalized spacial score (nSPS) is 12.9. The molecule has 0 bridgehead atoms. The highest BCUT2D eigenvalue weighted by Gasteiger charge is 2.28. The average molecular weight is 900 g/mol. The number of unbranched alkanes of at least 4 members (excludes halogenated alkanes) is 20. The molecule has 0 saturated heterocycles. The Hall–Kier alpha value is -2.52. The van der Waals surface area contributed by atoms with Crippen LogP contribution in [0.15, 0.2) is 12.2 Å². The molecule has 2 rings (SSSR count). The van der Waals surface area contributed by atoms with E-state index in [9.17, 15) is 19.2 Å². The van der Waals surface area contributed by atoms with E-state index in [1.54, 1.807) is 18.3 Å². The van der Waals surface area contributed by atoms with Gasteiger partial charge in [-0.3, -0.25) is 14.4 Å². The van der Waals surface area contributed by atoms with Crippen molar-refractivity contribution in [1.82, 2.24) is 15.1 Å². The molecule has 1 unspecified atom stereocenters. The van der Waals surface area contributed by atoms with Crippen LogP contribution < -0.4 is 5.32 Å². The zero-order valence-corrected chi connectivity index (χ0v) is 42.8. The van der Waals surface area contributed by atoms with Crippen LogP contribution in [-0.4, -0.2) is 73.2 Å². The van der Waals surface area contributed by atoms with Crippen molar-refractivity contribution in [3.63, 3.8) is 0 Å². The van der Waals surface area contributed by atoms with E-state index >= 15 is 0 Å². The summed E-state index contributed by atoms with van der Waals surface area (Å²) in [5.41, 5.74) is 1.93. The molecule has 1 aromatic heterocycles. The number of ketones is 1. The number of fused-ring (bicyclic) bond motifs is 1. The summed E-state index contributed by atoms with van der Waals surface area (Å²) in [6.45, 7) is 13.2. The fourth-order valence-corrected chi connectivity index (χ4v) is 9.58. The van der Waals surface area contributed by atoms with E-state index < -0.39 is 0 Å². The van der Waals surface area contributed by atoms with E-state index in [-0.39, 0.29) is 23.9 Å². The predicted molar refractivity (Wildman–Crippen MR) is 269 cm³/mol. The molecular formula is C54H97N3O5S. The van der Waals surface area contributed by atoms with Crippen LogP contribution in [0.3, 0.4) is 0 Å². The Balaban J connectivity index is 0.000000832. The Morgan fingerprint density at radius 2 is 1.19 bits per heavy atom. The number of aryl methyl sites for hydroxylation is 1. The Morgan fingerprint density at radius 1 is 0.683 bits per heavy atom. The highest BCUT2D eigenvalue weighted by atomic mass is 32.1. The van der Waals surface area contributed by atoms with Crippen LogP contribution in [0, 0.1) is 6.92 Å². The van der Waals surface area contributed by atoms with E-state index in [2.05, 4.69) is 43.1 Å². The first kappa shape index (κ1) is 58.5. The lowest BCUT2D eigenvalue weighted by molar-refractivity contribution is -0.150. The number of hydrogen-bond donors (Lipinski definition) is 1. The molecule has 1 N–H and O–H groups in total. The summed E-state index contributed by atoms with van der Waals surface area (Å²) in [5.74, 6) is 0.373. The number of esters is 1. The summed E-state index contributed by atoms with van der Waals surface area (Å²) < 4.78 is 5.93.